The lowest BCUT2D eigenvalue weighted by atomic mass is 10.1. The molecule has 0 spiro atoms. The Labute approximate surface area is 119 Å². The zero-order chi connectivity index (χ0) is 13.9. The molecular weight excluding hydrogens is 272 g/mol. The molecule has 98 valence electrons. The molecule has 0 saturated carbocycles. The first-order valence-corrected chi connectivity index (χ1v) is 6.93. The number of nitro benzene ring substituents is 1. The summed E-state index contributed by atoms with van der Waals surface area (Å²) in [6.07, 6.45) is 3.80. The normalized spacial score (nSPS) is 11.2. The fourth-order valence-corrected chi connectivity index (χ4v) is 2.57. The third kappa shape index (κ3) is 2.44. The van der Waals surface area contributed by atoms with E-state index in [4.69, 9.17) is 0 Å². The Balaban J connectivity index is 2.05. The molecule has 0 N–H and O–H groups in total. The van der Waals surface area contributed by atoms with Crippen LogP contribution in [0.15, 0.2) is 47.2 Å². The van der Waals surface area contributed by atoms with Crippen LogP contribution in [0.1, 0.15) is 11.3 Å². The van der Waals surface area contributed by atoms with E-state index in [0.29, 0.717) is 11.2 Å². The number of hydrogen-bond acceptors (Lipinski definition) is 4. The van der Waals surface area contributed by atoms with Gasteiger partial charge in [0.25, 0.3) is 5.69 Å². The van der Waals surface area contributed by atoms with E-state index in [2.05, 4.69) is 4.98 Å². The van der Waals surface area contributed by atoms with Gasteiger partial charge < -0.3 is 0 Å². The molecule has 3 aromatic rings. The Morgan fingerprint density at radius 2 is 2.05 bits per heavy atom. The molecule has 5 heteroatoms. The van der Waals surface area contributed by atoms with Crippen LogP contribution in [0, 0.1) is 10.1 Å². The van der Waals surface area contributed by atoms with Crippen molar-refractivity contribution in [3.8, 4) is 0 Å². The minimum absolute atomic E-state index is 0.0354. The molecule has 3 rings (SSSR count). The van der Waals surface area contributed by atoms with E-state index < -0.39 is 4.92 Å². The molecule has 20 heavy (non-hydrogen) atoms. The molecule has 0 unspecified atom stereocenters. The molecule has 0 atom stereocenters. The van der Waals surface area contributed by atoms with Crippen LogP contribution in [0.2, 0.25) is 0 Å². The number of pyridine rings is 1. The van der Waals surface area contributed by atoms with Gasteiger partial charge in [0, 0.05) is 11.5 Å². The Kier molecular flexibility index (Phi) is 3.26. The summed E-state index contributed by atoms with van der Waals surface area (Å²) in [5, 5.41) is 15.8. The summed E-state index contributed by atoms with van der Waals surface area (Å²) < 4.78 is 0. The molecule has 0 aliphatic carbocycles. The number of non-ortho nitro benzene ring substituents is 1. The Morgan fingerprint density at radius 3 is 2.80 bits per heavy atom. The second-order valence-electron chi connectivity index (χ2n) is 4.23. The van der Waals surface area contributed by atoms with Crippen LogP contribution in [0.25, 0.3) is 23.1 Å². The number of nitrogens with zero attached hydrogens (tertiary/aromatic N) is 2. The van der Waals surface area contributed by atoms with Crippen LogP contribution in [0.5, 0.6) is 0 Å². The van der Waals surface area contributed by atoms with Gasteiger partial charge in [-0.15, -0.1) is 0 Å². The van der Waals surface area contributed by atoms with E-state index >= 15 is 0 Å². The van der Waals surface area contributed by atoms with Crippen molar-refractivity contribution in [3.63, 3.8) is 0 Å². The second kappa shape index (κ2) is 5.22. The predicted molar refractivity (Wildman–Crippen MR) is 81.6 cm³/mol. The van der Waals surface area contributed by atoms with Crippen LogP contribution in [0.3, 0.4) is 0 Å². The number of benzene rings is 1. The minimum atomic E-state index is -0.401. The van der Waals surface area contributed by atoms with Gasteiger partial charge >= 0.3 is 0 Å². The number of hydrogen-bond donors (Lipinski definition) is 0. The lowest BCUT2D eigenvalue weighted by Crippen LogP contribution is -1.92. The monoisotopic (exact) mass is 282 g/mol. The molecule has 0 aliphatic heterocycles. The fourth-order valence-electron chi connectivity index (χ4n) is 1.94. The van der Waals surface area contributed by atoms with E-state index in [0.717, 1.165) is 10.9 Å². The highest BCUT2D eigenvalue weighted by atomic mass is 32.1. The van der Waals surface area contributed by atoms with Gasteiger partial charge in [0.05, 0.1) is 10.6 Å². The van der Waals surface area contributed by atoms with Crippen molar-refractivity contribution < 1.29 is 4.92 Å². The van der Waals surface area contributed by atoms with Crippen molar-refractivity contribution in [3.05, 3.63) is 68.5 Å². The number of para-hydroxylation sites is 1. The first-order chi connectivity index (χ1) is 9.74. The van der Waals surface area contributed by atoms with Crippen LogP contribution in [0.4, 0.5) is 5.69 Å². The van der Waals surface area contributed by atoms with Crippen molar-refractivity contribution in [2.45, 2.75) is 0 Å². The van der Waals surface area contributed by atoms with Gasteiger partial charge in [0.2, 0.25) is 0 Å². The first kappa shape index (κ1) is 12.5. The maximum absolute atomic E-state index is 11.0. The molecular formula is C15H10N2O2S. The van der Waals surface area contributed by atoms with Gasteiger partial charge in [-0.1, -0.05) is 24.3 Å². The summed E-state index contributed by atoms with van der Waals surface area (Å²) in [6.45, 7) is 0. The average molecular weight is 282 g/mol. The van der Waals surface area contributed by atoms with Crippen molar-refractivity contribution in [1.82, 2.24) is 4.98 Å². The van der Waals surface area contributed by atoms with Gasteiger partial charge in [0.15, 0.2) is 0 Å². The summed E-state index contributed by atoms with van der Waals surface area (Å²) in [5.41, 5.74) is 2.26. The van der Waals surface area contributed by atoms with Crippen molar-refractivity contribution in [2.24, 2.45) is 0 Å². The molecule has 4 nitrogen and oxygen atoms in total. The smallest absolute Gasteiger partial charge is 0.258 e. The van der Waals surface area contributed by atoms with Gasteiger partial charge in [-0.05, 0) is 34.5 Å². The van der Waals surface area contributed by atoms with Crippen LogP contribution in [-0.2, 0) is 0 Å². The molecule has 0 aliphatic rings. The van der Waals surface area contributed by atoms with E-state index in [1.807, 2.05) is 47.2 Å². The van der Waals surface area contributed by atoms with E-state index in [1.54, 1.807) is 17.4 Å². The number of thiophene rings is 1. The topological polar surface area (TPSA) is 56.0 Å². The maximum Gasteiger partial charge on any atom is 0.295 e. The van der Waals surface area contributed by atoms with Crippen LogP contribution < -0.4 is 0 Å². The highest BCUT2D eigenvalue weighted by Crippen LogP contribution is 2.24. The van der Waals surface area contributed by atoms with Crippen LogP contribution in [-0.4, -0.2) is 9.91 Å². The number of rotatable bonds is 3. The summed E-state index contributed by atoms with van der Waals surface area (Å²) in [5.74, 6) is 0. The molecule has 2 heterocycles. The zero-order valence-corrected chi connectivity index (χ0v) is 11.2. The number of aromatic nitrogens is 1. The van der Waals surface area contributed by atoms with E-state index in [1.165, 1.54) is 6.07 Å². The third-order valence-electron chi connectivity index (χ3n) is 2.91. The highest BCUT2D eigenvalue weighted by Gasteiger charge is 2.12. The molecule has 2 aromatic heterocycles. The zero-order valence-electron chi connectivity index (χ0n) is 10.4. The molecule has 1 aromatic carbocycles. The van der Waals surface area contributed by atoms with Gasteiger partial charge in [-0.2, -0.15) is 11.3 Å². The maximum atomic E-state index is 11.0. The lowest BCUT2D eigenvalue weighted by Gasteiger charge is -2.00. The summed E-state index contributed by atoms with van der Waals surface area (Å²) >= 11 is 1.62. The predicted octanol–water partition coefficient (Wildman–Crippen LogP) is 4.37. The Bertz CT molecular complexity index is 795. The fraction of sp³-hybridized carbons (Fsp3) is 0. The molecule has 0 radical (unpaired) electrons. The number of fused-ring (bicyclic) bond motifs is 1. The van der Waals surface area contributed by atoms with Crippen molar-refractivity contribution >= 4 is 40.1 Å². The van der Waals surface area contributed by atoms with Gasteiger partial charge in [-0.25, -0.2) is 4.98 Å². The van der Waals surface area contributed by atoms with Crippen molar-refractivity contribution in [1.29, 1.82) is 0 Å². The second-order valence-corrected chi connectivity index (χ2v) is 5.01. The molecule has 0 amide bonds. The summed E-state index contributed by atoms with van der Waals surface area (Å²) in [7, 11) is 0. The SMILES string of the molecule is O=[N+]([O-])c1cccc2ccc(/C=C/c3ccsc3)nc12. The minimum Gasteiger partial charge on any atom is -0.258 e. The third-order valence-corrected chi connectivity index (χ3v) is 3.61. The van der Waals surface area contributed by atoms with E-state index in [9.17, 15) is 10.1 Å². The van der Waals surface area contributed by atoms with E-state index in [-0.39, 0.29) is 5.69 Å². The Morgan fingerprint density at radius 1 is 1.15 bits per heavy atom. The molecule has 0 saturated heterocycles. The number of nitro groups is 1. The van der Waals surface area contributed by atoms with Gasteiger partial charge in [-0.3, -0.25) is 10.1 Å². The van der Waals surface area contributed by atoms with Gasteiger partial charge in [0.1, 0.15) is 5.52 Å². The molecule has 0 fully saturated rings. The quantitative estimate of drug-likeness (QED) is 0.529. The first-order valence-electron chi connectivity index (χ1n) is 5.98. The average Bonchev–Trinajstić information content (AvgIpc) is 2.97. The largest absolute Gasteiger partial charge is 0.295 e. The summed E-state index contributed by atoms with van der Waals surface area (Å²) in [6, 6.07) is 10.7. The van der Waals surface area contributed by atoms with Crippen LogP contribution >= 0.6 is 11.3 Å². The van der Waals surface area contributed by atoms with Crippen molar-refractivity contribution in [2.75, 3.05) is 0 Å². The lowest BCUT2D eigenvalue weighted by molar-refractivity contribution is -0.383. The standard InChI is InChI=1S/C15H10N2O2S/c18-17(19)14-3-1-2-12-5-7-13(16-15(12)14)6-4-11-8-9-20-10-11/h1-10H/b6-4+. The Hall–Kier alpha value is -2.53. The molecule has 0 bridgehead atoms. The highest BCUT2D eigenvalue weighted by molar-refractivity contribution is 7.08. The summed E-state index contributed by atoms with van der Waals surface area (Å²) in [4.78, 5) is 15.0.